The molecule has 0 aliphatic heterocycles. The maximum absolute atomic E-state index is 12.3. The molecule has 1 radical (unpaired) electrons. The number of ether oxygens (including phenoxy) is 2. The van der Waals surface area contributed by atoms with Gasteiger partial charge in [0.1, 0.15) is 11.5 Å². The van der Waals surface area contributed by atoms with Crippen LogP contribution >= 0.6 is 0 Å². The molecule has 0 spiro atoms. The van der Waals surface area contributed by atoms with Crippen LogP contribution in [0.1, 0.15) is 20.7 Å². The van der Waals surface area contributed by atoms with Crippen LogP contribution in [-0.2, 0) is 0 Å². The number of para-hydroxylation sites is 2. The molecule has 0 heterocycles. The van der Waals surface area contributed by atoms with Crippen molar-refractivity contribution in [2.24, 2.45) is 0 Å². The molecule has 0 aromatic heterocycles. The molecule has 0 aliphatic carbocycles. The van der Waals surface area contributed by atoms with Crippen molar-refractivity contribution in [1.82, 2.24) is 0 Å². The van der Waals surface area contributed by atoms with Crippen LogP contribution in [0.4, 0.5) is 0 Å². The molecule has 0 unspecified atom stereocenters. The van der Waals surface area contributed by atoms with E-state index in [0.717, 1.165) is 0 Å². The van der Waals surface area contributed by atoms with Gasteiger partial charge in [-0.1, -0.05) is 42.5 Å². The number of benzene rings is 3. The normalized spacial score (nSPS) is 10.0. The van der Waals surface area contributed by atoms with Crippen LogP contribution in [0.15, 0.2) is 78.9 Å². The first-order valence-electron chi connectivity index (χ1n) is 7.28. The lowest BCUT2D eigenvalue weighted by Crippen LogP contribution is -2.17. The van der Waals surface area contributed by atoms with E-state index in [0.29, 0.717) is 11.5 Å². The van der Waals surface area contributed by atoms with E-state index in [-0.39, 0.29) is 11.1 Å². The Hall–Kier alpha value is -3.40. The van der Waals surface area contributed by atoms with Gasteiger partial charge in [0, 0.05) is 0 Å². The van der Waals surface area contributed by atoms with E-state index in [9.17, 15) is 9.59 Å². The maximum Gasteiger partial charge on any atom is 0.344 e. The zero-order valence-electron chi connectivity index (χ0n) is 12.6. The fourth-order valence-electron chi connectivity index (χ4n) is 2.08. The lowest BCUT2D eigenvalue weighted by atomic mass is 10.1. The summed E-state index contributed by atoms with van der Waals surface area (Å²) in [4.78, 5) is 24.7. The van der Waals surface area contributed by atoms with Crippen molar-refractivity contribution in [2.75, 3.05) is 0 Å². The van der Waals surface area contributed by atoms with E-state index in [4.69, 9.17) is 9.47 Å². The highest BCUT2D eigenvalue weighted by atomic mass is 16.5. The van der Waals surface area contributed by atoms with Crippen LogP contribution in [0.3, 0.4) is 0 Å². The molecule has 0 fully saturated rings. The monoisotopic (exact) mass is 317 g/mol. The van der Waals surface area contributed by atoms with Gasteiger partial charge in [-0.25, -0.2) is 9.59 Å². The van der Waals surface area contributed by atoms with Crippen molar-refractivity contribution in [1.29, 1.82) is 0 Å². The molecule has 0 amide bonds. The molecular formula is C20H13O4. The molecule has 0 atom stereocenters. The van der Waals surface area contributed by atoms with Crippen LogP contribution in [0.25, 0.3) is 0 Å². The number of hydrogen-bond donors (Lipinski definition) is 0. The molecule has 4 heteroatoms. The first kappa shape index (κ1) is 15.5. The second kappa shape index (κ2) is 7.24. The Labute approximate surface area is 139 Å². The Morgan fingerprint density at radius 1 is 0.667 bits per heavy atom. The smallest absolute Gasteiger partial charge is 0.344 e. The summed E-state index contributed by atoms with van der Waals surface area (Å²) in [6.07, 6.45) is 0. The minimum atomic E-state index is -0.641. The summed E-state index contributed by atoms with van der Waals surface area (Å²) in [6, 6.07) is 24.5. The minimum Gasteiger partial charge on any atom is -0.423 e. The van der Waals surface area contributed by atoms with Crippen LogP contribution in [0.2, 0.25) is 0 Å². The quantitative estimate of drug-likeness (QED) is 0.540. The maximum atomic E-state index is 12.3. The van der Waals surface area contributed by atoms with E-state index in [1.54, 1.807) is 54.6 Å². The Morgan fingerprint density at radius 2 is 1.17 bits per heavy atom. The molecule has 0 aliphatic rings. The van der Waals surface area contributed by atoms with Gasteiger partial charge in [0.25, 0.3) is 0 Å². The molecule has 0 bridgehead atoms. The SMILES string of the molecule is O=C(Oc1ccccc1)c1c[c]ccc1C(=O)Oc1ccccc1. The van der Waals surface area contributed by atoms with Gasteiger partial charge in [-0.2, -0.15) is 0 Å². The first-order chi connectivity index (χ1) is 11.7. The number of esters is 2. The third kappa shape index (κ3) is 3.67. The molecule has 0 saturated carbocycles. The molecule has 3 aromatic carbocycles. The van der Waals surface area contributed by atoms with Crippen LogP contribution in [0.5, 0.6) is 11.5 Å². The Bertz CT molecular complexity index is 769. The van der Waals surface area contributed by atoms with Gasteiger partial charge in [-0.15, -0.1) is 0 Å². The average Bonchev–Trinajstić information content (AvgIpc) is 2.63. The molecule has 24 heavy (non-hydrogen) atoms. The van der Waals surface area contributed by atoms with Crippen molar-refractivity contribution in [3.63, 3.8) is 0 Å². The van der Waals surface area contributed by atoms with E-state index >= 15 is 0 Å². The zero-order chi connectivity index (χ0) is 16.8. The van der Waals surface area contributed by atoms with Gasteiger partial charge in [0.05, 0.1) is 11.1 Å². The summed E-state index contributed by atoms with van der Waals surface area (Å²) in [5.74, 6) is -0.472. The lowest BCUT2D eigenvalue weighted by molar-refractivity contribution is 0.0692. The molecule has 0 N–H and O–H groups in total. The number of rotatable bonds is 4. The summed E-state index contributed by atoms with van der Waals surface area (Å²) in [5.41, 5.74) is 0.223. The summed E-state index contributed by atoms with van der Waals surface area (Å²) >= 11 is 0. The van der Waals surface area contributed by atoms with Crippen molar-refractivity contribution in [2.45, 2.75) is 0 Å². The Kier molecular flexibility index (Phi) is 4.68. The van der Waals surface area contributed by atoms with E-state index in [1.807, 2.05) is 12.1 Å². The highest BCUT2D eigenvalue weighted by molar-refractivity contribution is 6.04. The second-order valence-corrected chi connectivity index (χ2v) is 4.88. The summed E-state index contributed by atoms with van der Waals surface area (Å²) in [6.45, 7) is 0. The minimum absolute atomic E-state index is 0.0993. The zero-order valence-corrected chi connectivity index (χ0v) is 12.6. The van der Waals surface area contributed by atoms with Crippen molar-refractivity contribution in [3.8, 4) is 11.5 Å². The fraction of sp³-hybridized carbons (Fsp3) is 0. The van der Waals surface area contributed by atoms with Gasteiger partial charge in [0.15, 0.2) is 0 Å². The summed E-state index contributed by atoms with van der Waals surface area (Å²) < 4.78 is 10.6. The van der Waals surface area contributed by atoms with E-state index in [2.05, 4.69) is 6.07 Å². The predicted octanol–water partition coefficient (Wildman–Crippen LogP) is 3.93. The third-order valence-electron chi connectivity index (χ3n) is 3.21. The lowest BCUT2D eigenvalue weighted by Gasteiger charge is -2.09. The Morgan fingerprint density at radius 3 is 1.71 bits per heavy atom. The average molecular weight is 317 g/mol. The van der Waals surface area contributed by atoms with Gasteiger partial charge in [0.2, 0.25) is 0 Å². The number of carbonyl (C=O) groups excluding carboxylic acids is 2. The molecule has 0 saturated heterocycles. The molecule has 3 rings (SSSR count). The second-order valence-electron chi connectivity index (χ2n) is 4.88. The van der Waals surface area contributed by atoms with Gasteiger partial charge in [-0.3, -0.25) is 0 Å². The van der Waals surface area contributed by atoms with Crippen molar-refractivity contribution in [3.05, 3.63) is 96.1 Å². The Balaban J connectivity index is 1.82. The number of hydrogen-bond acceptors (Lipinski definition) is 4. The highest BCUT2D eigenvalue weighted by Crippen LogP contribution is 2.17. The predicted molar refractivity (Wildman–Crippen MR) is 88.1 cm³/mol. The van der Waals surface area contributed by atoms with Gasteiger partial charge in [-0.05, 0) is 42.5 Å². The van der Waals surface area contributed by atoms with Crippen molar-refractivity contribution >= 4 is 11.9 Å². The molecule has 4 nitrogen and oxygen atoms in total. The van der Waals surface area contributed by atoms with E-state index < -0.39 is 11.9 Å². The van der Waals surface area contributed by atoms with E-state index in [1.165, 1.54) is 12.1 Å². The first-order valence-corrected chi connectivity index (χ1v) is 7.28. The summed E-state index contributed by atoms with van der Waals surface area (Å²) in [7, 11) is 0. The third-order valence-corrected chi connectivity index (χ3v) is 3.21. The number of carbonyl (C=O) groups is 2. The standard InChI is InChI=1S/C20H13O4/c21-19(23-15-9-3-1-4-10-15)17-13-7-8-14-18(17)20(22)24-16-11-5-2-6-12-16/h1-7,9-14H. The molecular weight excluding hydrogens is 304 g/mol. The molecule has 3 aromatic rings. The van der Waals surface area contributed by atoms with Gasteiger partial charge >= 0.3 is 11.9 Å². The van der Waals surface area contributed by atoms with Crippen LogP contribution in [0, 0.1) is 6.07 Å². The highest BCUT2D eigenvalue weighted by Gasteiger charge is 2.20. The topological polar surface area (TPSA) is 52.6 Å². The van der Waals surface area contributed by atoms with Gasteiger partial charge < -0.3 is 9.47 Å². The largest absolute Gasteiger partial charge is 0.423 e. The molecule has 117 valence electrons. The summed E-state index contributed by atoms with van der Waals surface area (Å²) in [5, 5.41) is 0. The van der Waals surface area contributed by atoms with Crippen LogP contribution in [-0.4, -0.2) is 11.9 Å². The van der Waals surface area contributed by atoms with Crippen LogP contribution < -0.4 is 9.47 Å². The fourth-order valence-corrected chi connectivity index (χ4v) is 2.08. The van der Waals surface area contributed by atoms with Crippen molar-refractivity contribution < 1.29 is 19.1 Å².